The van der Waals surface area contributed by atoms with Gasteiger partial charge in [0.25, 0.3) is 16.7 Å². The fourth-order valence-corrected chi connectivity index (χ4v) is 9.17. The predicted octanol–water partition coefficient (Wildman–Crippen LogP) is 4.99. The topological polar surface area (TPSA) is 386 Å². The van der Waals surface area contributed by atoms with Crippen molar-refractivity contribution >= 4 is 74.9 Å². The molecule has 3 fully saturated rings. The van der Waals surface area contributed by atoms with Gasteiger partial charge in [0.05, 0.1) is 72.2 Å². The number of hydrazine groups is 1. The highest BCUT2D eigenvalue weighted by Gasteiger charge is 2.18. The summed E-state index contributed by atoms with van der Waals surface area (Å²) >= 11 is 14.8. The number of aliphatic hydroxyl groups is 2. The number of hydrazone groups is 1. The summed E-state index contributed by atoms with van der Waals surface area (Å²) < 4.78 is 31.9. The highest BCUT2D eigenvalue weighted by molar-refractivity contribution is 9.09. The van der Waals surface area contributed by atoms with Gasteiger partial charge in [0, 0.05) is 124 Å². The Hall–Kier alpha value is -9.80. The van der Waals surface area contributed by atoms with E-state index in [1.165, 1.54) is 34.4 Å². The number of alkyl halides is 1. The number of halogens is 3. The van der Waals surface area contributed by atoms with Crippen LogP contribution in [0.4, 0.5) is 23.3 Å². The van der Waals surface area contributed by atoms with Gasteiger partial charge in [-0.2, -0.15) is 30.0 Å². The lowest BCUT2D eigenvalue weighted by Crippen LogP contribution is -2.37. The number of hydrogen-bond donors (Lipinski definition) is 7. The molecule has 0 radical (unpaired) electrons. The number of morpholine rings is 3. The van der Waals surface area contributed by atoms with Gasteiger partial charge in [0.15, 0.2) is 5.82 Å². The number of aromatic nitrogens is 10. The second-order valence-corrected chi connectivity index (χ2v) is 22.6. The van der Waals surface area contributed by atoms with Crippen LogP contribution in [0.1, 0.15) is 27.0 Å². The molecule has 540 valence electrons. The second kappa shape index (κ2) is 48.1. The summed E-state index contributed by atoms with van der Waals surface area (Å²) in [6.45, 7) is 14.4. The Morgan fingerprint density at radius 1 is 0.564 bits per heavy atom. The molecule has 0 saturated carbocycles. The highest BCUT2D eigenvalue weighted by atomic mass is 79.9. The molecule has 10 heterocycles. The van der Waals surface area contributed by atoms with Crippen LogP contribution in [-0.4, -0.2) is 182 Å². The molecule has 3 aliphatic rings. The van der Waals surface area contributed by atoms with E-state index >= 15 is 0 Å². The van der Waals surface area contributed by atoms with Gasteiger partial charge >= 0.3 is 17.7 Å². The Balaban J connectivity index is 0.000000232. The summed E-state index contributed by atoms with van der Waals surface area (Å²) in [4.78, 5) is 98.0. The summed E-state index contributed by atoms with van der Waals surface area (Å²) in [5.41, 5.74) is 6.31. The molecule has 7 aromatic heterocycles. The van der Waals surface area contributed by atoms with Crippen molar-refractivity contribution in [3.8, 4) is 12.0 Å². The molecule has 0 spiro atoms. The zero-order valence-electron chi connectivity index (χ0n) is 55.9. The van der Waals surface area contributed by atoms with Gasteiger partial charge in [-0.25, -0.2) is 4.79 Å². The van der Waals surface area contributed by atoms with Crippen molar-refractivity contribution in [2.75, 3.05) is 131 Å². The first kappa shape index (κ1) is 81.9. The zero-order chi connectivity index (χ0) is 72.8. The Labute approximate surface area is 600 Å². The minimum absolute atomic E-state index is 0.00389. The van der Waals surface area contributed by atoms with E-state index in [0.717, 1.165) is 73.9 Å². The van der Waals surface area contributed by atoms with E-state index < -0.39 is 5.69 Å². The number of aliphatic hydroxyl groups excluding tert-OH is 2. The average Bonchev–Trinajstić information content (AvgIpc) is 0.857. The number of benzene rings is 2. The molecule has 0 unspecified atom stereocenters. The molecule has 101 heavy (non-hydrogen) atoms. The monoisotopic (exact) mass is 1500 g/mol. The lowest BCUT2D eigenvalue weighted by molar-refractivity contribution is 0.112. The molecule has 9 aromatic rings. The molecule has 0 bridgehead atoms. The Bertz CT molecular complexity index is 4170. The minimum Gasteiger partial charge on any atom is -0.461 e. The maximum atomic E-state index is 11.9. The minimum atomic E-state index is -0.418. The third-order valence-corrected chi connectivity index (χ3v) is 14.4. The SMILES string of the molecule is Cc1cccc(/C=N/Nc2cc(N3CCOCC3)nc(OCCn3ccccc3=O)n2)c1.Cc1cccc(C=O)c1.NN.O=c1cccc[nH]1.O=c1ccccn1CCO.O=c1ccccn1CCOc1nc(Cl)cc(N2CCOCC2)n1.O=c1nc(N2CCOCC2)cc(Cl)[nH]1.OCCBr. The molecule has 0 amide bonds. The molecule has 0 atom stereocenters. The summed E-state index contributed by atoms with van der Waals surface area (Å²) in [7, 11) is 0. The van der Waals surface area contributed by atoms with Gasteiger partial charge in [-0.15, -0.1) is 0 Å². The maximum absolute atomic E-state index is 11.9. The number of carbonyl (C=O) groups excluding carboxylic acids is 1. The normalized spacial score (nSPS) is 12.9. The highest BCUT2D eigenvalue weighted by Crippen LogP contribution is 2.22. The molecular weight excluding hydrogens is 1410 g/mol. The number of hydrogen-bond acceptors (Lipinski definition) is 25. The van der Waals surface area contributed by atoms with E-state index in [0.29, 0.717) is 86.5 Å². The van der Waals surface area contributed by atoms with Crippen molar-refractivity contribution in [2.45, 2.75) is 33.5 Å². The van der Waals surface area contributed by atoms with Gasteiger partial charge in [-0.05, 0) is 49.7 Å². The number of rotatable bonds is 18. The first-order chi connectivity index (χ1) is 49.1. The van der Waals surface area contributed by atoms with E-state index in [4.69, 9.17) is 57.1 Å². The van der Waals surface area contributed by atoms with Gasteiger partial charge in [0.1, 0.15) is 47.3 Å². The summed E-state index contributed by atoms with van der Waals surface area (Å²) in [5.74, 6) is 10.6. The quantitative estimate of drug-likeness (QED) is 0.0148. The molecule has 30 nitrogen and oxygen atoms in total. The van der Waals surface area contributed by atoms with Crippen LogP contribution in [0.25, 0.3) is 0 Å². The molecular formula is C68H84BrCl2N17O13. The van der Waals surface area contributed by atoms with Gasteiger partial charge in [-0.3, -0.25) is 46.1 Å². The number of anilines is 4. The maximum Gasteiger partial charge on any atom is 0.348 e. The van der Waals surface area contributed by atoms with E-state index in [-0.39, 0.29) is 60.7 Å². The number of H-pyrrole nitrogens is 2. The van der Waals surface area contributed by atoms with Crippen molar-refractivity contribution in [2.24, 2.45) is 16.8 Å². The van der Waals surface area contributed by atoms with Gasteiger partial charge in [-0.1, -0.05) is 117 Å². The Kier molecular flexibility index (Phi) is 39.0. The van der Waals surface area contributed by atoms with Crippen molar-refractivity contribution in [3.63, 3.8) is 0 Å². The van der Waals surface area contributed by atoms with Crippen molar-refractivity contribution in [1.29, 1.82) is 0 Å². The van der Waals surface area contributed by atoms with E-state index in [1.54, 1.807) is 101 Å². The van der Waals surface area contributed by atoms with Crippen molar-refractivity contribution in [3.05, 3.63) is 249 Å². The lowest BCUT2D eigenvalue weighted by atomic mass is 10.2. The number of aldehydes is 1. The first-order valence-corrected chi connectivity index (χ1v) is 33.5. The van der Waals surface area contributed by atoms with Crippen LogP contribution in [-0.2, 0) is 33.8 Å². The van der Waals surface area contributed by atoms with E-state index in [9.17, 15) is 28.8 Å². The number of pyridine rings is 4. The molecule has 12 rings (SSSR count). The van der Waals surface area contributed by atoms with E-state index in [2.05, 4.69) is 82.8 Å². The smallest absolute Gasteiger partial charge is 0.348 e. The van der Waals surface area contributed by atoms with Crippen LogP contribution in [0.15, 0.2) is 193 Å². The fraction of sp³-hybridized carbons (Fsp3) is 0.324. The largest absolute Gasteiger partial charge is 0.461 e. The summed E-state index contributed by atoms with van der Waals surface area (Å²) in [5, 5.41) is 21.9. The number of aromatic amines is 2. The third kappa shape index (κ3) is 32.4. The first-order valence-electron chi connectivity index (χ1n) is 31.7. The number of nitrogens with two attached hydrogens (primary N) is 2. The number of carbonyl (C=O) groups is 1. The van der Waals surface area contributed by atoms with Crippen LogP contribution in [0, 0.1) is 13.8 Å². The fourth-order valence-electron chi connectivity index (χ4n) is 8.82. The van der Waals surface area contributed by atoms with Crippen LogP contribution in [0.5, 0.6) is 12.0 Å². The summed E-state index contributed by atoms with van der Waals surface area (Å²) in [6.07, 6.45) is 9.28. The molecule has 9 N–H and O–H groups in total. The second-order valence-electron chi connectivity index (χ2n) is 21.0. The van der Waals surface area contributed by atoms with Gasteiger partial charge < -0.3 is 67.3 Å². The number of nitrogens with zero attached hydrogens (tertiary/aromatic N) is 12. The van der Waals surface area contributed by atoms with Crippen LogP contribution >= 0.6 is 39.1 Å². The summed E-state index contributed by atoms with van der Waals surface area (Å²) in [6, 6.07) is 41.1. The standard InChI is InChI=1S/C23H26N6O3.C15H17ClN4O3.C8H10ClN3O2.C8H8O.C7H9NO2.C5H5NO.C2H5BrO.H4N2/c1-18-5-4-6-19(15-18)17-24-27-20-16-21(28-9-12-31-13-10-28)26-23(25-20)32-14-11-29-8-3-2-7-22(29)30;16-12-11-13(19-5-8-22-9-6-19)18-15(17-12)23-10-7-20-4-2-1-3-14(20)21;9-6-5-7(11-8(13)10-6)12-1-3-14-4-2-12;1-7-3-2-4-8(5-7)6-9;9-6-5-8-4-2-1-3-7(8)10;7-5-3-1-2-4-6-5;3-1-2-4;1-2/h2-8,15-17H,9-14H2,1H3,(H,25,26,27);1-4,11H,5-10H2;5H,1-4H2,(H,10,11,13);2-6H,1H3;1-4,9H,5-6H2;1-4H,(H,6,7);4H,1-2H2;1-2H2/b24-17+;;;;;;;. The molecule has 3 aliphatic heterocycles. The van der Waals surface area contributed by atoms with E-state index in [1.807, 2.05) is 73.3 Å². The van der Waals surface area contributed by atoms with Crippen LogP contribution in [0.2, 0.25) is 10.3 Å². The number of aryl methyl sites for hydroxylation is 2. The zero-order valence-corrected chi connectivity index (χ0v) is 59.0. The molecule has 33 heteroatoms. The third-order valence-electron chi connectivity index (χ3n) is 13.6. The predicted molar refractivity (Wildman–Crippen MR) is 393 cm³/mol. The molecule has 0 aliphatic carbocycles. The number of nitrogens with one attached hydrogen (secondary N) is 3. The van der Waals surface area contributed by atoms with Crippen molar-refractivity contribution < 1.29 is 38.7 Å². The Morgan fingerprint density at radius 2 is 1.02 bits per heavy atom. The molecule has 3 saturated heterocycles. The average molecular weight is 1500 g/mol. The van der Waals surface area contributed by atoms with Crippen LogP contribution in [0.3, 0.4) is 0 Å². The van der Waals surface area contributed by atoms with Gasteiger partial charge in [0.2, 0.25) is 5.56 Å². The Morgan fingerprint density at radius 3 is 1.44 bits per heavy atom. The lowest BCUT2D eigenvalue weighted by Gasteiger charge is -2.28. The number of ether oxygens (including phenoxy) is 5. The van der Waals surface area contributed by atoms with Crippen LogP contribution < -0.4 is 69.2 Å². The molecule has 2 aromatic carbocycles. The van der Waals surface area contributed by atoms with Crippen molar-refractivity contribution in [1.82, 2.24) is 48.6 Å².